The average Bonchev–Trinajstić information content (AvgIpc) is 2.76. The third kappa shape index (κ3) is 5.39. The van der Waals surface area contributed by atoms with E-state index in [9.17, 15) is 25.0 Å². The van der Waals surface area contributed by atoms with Crippen molar-refractivity contribution in [3.63, 3.8) is 0 Å². The van der Waals surface area contributed by atoms with Crippen LogP contribution >= 0.6 is 11.8 Å². The van der Waals surface area contributed by atoms with E-state index in [1.54, 1.807) is 30.3 Å². The van der Waals surface area contributed by atoms with Gasteiger partial charge in [0.25, 0.3) is 11.4 Å². The summed E-state index contributed by atoms with van der Waals surface area (Å²) in [5, 5.41) is 22.2. The zero-order valence-electron chi connectivity index (χ0n) is 15.5. The molecule has 0 atom stereocenters. The van der Waals surface area contributed by atoms with Gasteiger partial charge in [-0.15, -0.1) is 11.8 Å². The second-order valence-electron chi connectivity index (χ2n) is 6.07. The number of carbonyl (C=O) groups is 1. The van der Waals surface area contributed by atoms with Crippen molar-refractivity contribution >= 4 is 29.1 Å². The zero-order chi connectivity index (χ0) is 21.5. The number of thioether (sulfide) groups is 1. The average molecular weight is 425 g/mol. The maximum absolute atomic E-state index is 12.5. The van der Waals surface area contributed by atoms with Crippen LogP contribution in [-0.4, -0.2) is 20.8 Å². The molecule has 0 aliphatic heterocycles. The minimum absolute atomic E-state index is 0.00860. The molecule has 0 radical (unpaired) electrons. The topological polar surface area (TPSA) is 125 Å². The minimum atomic E-state index is -0.615. The van der Waals surface area contributed by atoms with Crippen molar-refractivity contribution in [2.24, 2.45) is 0 Å². The third-order valence-corrected chi connectivity index (χ3v) is 5.06. The number of carbonyl (C=O) groups excluding carboxylic acids is 1. The van der Waals surface area contributed by atoms with Crippen LogP contribution in [0, 0.1) is 20.2 Å². The Balaban J connectivity index is 1.68. The Morgan fingerprint density at radius 1 is 0.933 bits per heavy atom. The molecule has 1 heterocycles. The molecule has 10 heteroatoms. The highest BCUT2D eigenvalue weighted by molar-refractivity contribution is 7.98. The van der Waals surface area contributed by atoms with Crippen molar-refractivity contribution in [2.75, 3.05) is 0 Å². The Morgan fingerprint density at radius 2 is 1.57 bits per heavy atom. The molecule has 0 bridgehead atoms. The lowest BCUT2D eigenvalue weighted by atomic mass is 10.2. The van der Waals surface area contributed by atoms with Crippen molar-refractivity contribution in [3.8, 4) is 0 Å². The van der Waals surface area contributed by atoms with E-state index in [2.05, 4.69) is 4.98 Å². The SMILES string of the molecule is O=C(OCc1cccc([N+](=O)[O-])c1)c1cccnc1SCc1cccc([N+](=O)[O-])c1. The molecule has 0 spiro atoms. The molecule has 0 saturated heterocycles. The molecular weight excluding hydrogens is 410 g/mol. The number of rotatable bonds is 8. The molecule has 3 rings (SSSR count). The third-order valence-electron chi connectivity index (χ3n) is 3.98. The van der Waals surface area contributed by atoms with Crippen LogP contribution in [0.4, 0.5) is 11.4 Å². The molecular formula is C20H15N3O6S. The van der Waals surface area contributed by atoms with Gasteiger partial charge in [0.05, 0.1) is 15.4 Å². The van der Waals surface area contributed by atoms with E-state index in [0.717, 1.165) is 5.56 Å². The van der Waals surface area contributed by atoms with Crippen LogP contribution in [0.2, 0.25) is 0 Å². The van der Waals surface area contributed by atoms with Gasteiger partial charge >= 0.3 is 5.97 Å². The largest absolute Gasteiger partial charge is 0.457 e. The Bertz CT molecular complexity index is 1110. The summed E-state index contributed by atoms with van der Waals surface area (Å²) in [4.78, 5) is 37.5. The van der Waals surface area contributed by atoms with Crippen LogP contribution in [0.3, 0.4) is 0 Å². The lowest BCUT2D eigenvalue weighted by Crippen LogP contribution is -2.08. The van der Waals surface area contributed by atoms with Gasteiger partial charge in [-0.3, -0.25) is 20.2 Å². The molecule has 1 aromatic heterocycles. The van der Waals surface area contributed by atoms with Gasteiger partial charge in [0, 0.05) is 36.2 Å². The normalized spacial score (nSPS) is 10.4. The first-order valence-electron chi connectivity index (χ1n) is 8.65. The standard InChI is InChI=1S/C20H15N3O6S/c24-20(29-12-14-4-1-6-16(10-14)22(25)26)18-8-3-9-21-19(18)30-13-15-5-2-7-17(11-15)23(27)28/h1-11H,12-13H2. The van der Waals surface area contributed by atoms with Gasteiger partial charge in [0.2, 0.25) is 0 Å². The van der Waals surface area contributed by atoms with Gasteiger partial charge in [-0.2, -0.15) is 0 Å². The van der Waals surface area contributed by atoms with Crippen LogP contribution in [0.15, 0.2) is 71.9 Å². The summed E-state index contributed by atoms with van der Waals surface area (Å²) in [5.41, 5.74) is 1.37. The molecule has 30 heavy (non-hydrogen) atoms. The van der Waals surface area contributed by atoms with Gasteiger partial charge in [-0.05, 0) is 23.3 Å². The molecule has 0 aliphatic rings. The van der Waals surface area contributed by atoms with Gasteiger partial charge in [0.15, 0.2) is 0 Å². The number of hydrogen-bond donors (Lipinski definition) is 0. The molecule has 0 fully saturated rings. The molecule has 0 saturated carbocycles. The fourth-order valence-corrected chi connectivity index (χ4v) is 3.48. The van der Waals surface area contributed by atoms with Crippen LogP contribution in [0.25, 0.3) is 0 Å². The monoisotopic (exact) mass is 425 g/mol. The predicted molar refractivity (Wildman–Crippen MR) is 109 cm³/mol. The van der Waals surface area contributed by atoms with E-state index in [0.29, 0.717) is 16.3 Å². The number of non-ortho nitro benzene ring substituents is 2. The Morgan fingerprint density at radius 3 is 2.23 bits per heavy atom. The maximum atomic E-state index is 12.5. The first-order chi connectivity index (χ1) is 14.4. The van der Waals surface area contributed by atoms with Gasteiger partial charge in [0.1, 0.15) is 11.6 Å². The summed E-state index contributed by atoms with van der Waals surface area (Å²) >= 11 is 1.25. The fraction of sp³-hybridized carbons (Fsp3) is 0.100. The number of pyridine rings is 1. The zero-order valence-corrected chi connectivity index (χ0v) is 16.3. The number of ether oxygens (including phenoxy) is 1. The first kappa shape index (κ1) is 20.9. The highest BCUT2D eigenvalue weighted by Crippen LogP contribution is 2.26. The van der Waals surface area contributed by atoms with Crippen molar-refractivity contribution in [1.29, 1.82) is 0 Å². The van der Waals surface area contributed by atoms with Gasteiger partial charge < -0.3 is 4.74 Å². The number of nitro groups is 2. The van der Waals surface area contributed by atoms with Gasteiger partial charge in [-0.1, -0.05) is 24.3 Å². The van der Waals surface area contributed by atoms with Crippen molar-refractivity contribution < 1.29 is 19.4 Å². The Labute approximate surface area is 175 Å². The van der Waals surface area contributed by atoms with E-state index in [1.807, 2.05) is 0 Å². The molecule has 0 N–H and O–H groups in total. The lowest BCUT2D eigenvalue weighted by molar-refractivity contribution is -0.385. The number of aromatic nitrogens is 1. The second-order valence-corrected chi connectivity index (χ2v) is 7.04. The lowest BCUT2D eigenvalue weighted by Gasteiger charge is -2.09. The first-order valence-corrected chi connectivity index (χ1v) is 9.64. The van der Waals surface area contributed by atoms with Crippen molar-refractivity contribution in [2.45, 2.75) is 17.4 Å². The maximum Gasteiger partial charge on any atom is 0.341 e. The van der Waals surface area contributed by atoms with E-state index in [4.69, 9.17) is 4.74 Å². The van der Waals surface area contributed by atoms with Crippen LogP contribution in [0.5, 0.6) is 0 Å². The summed E-state index contributed by atoms with van der Waals surface area (Å²) in [6.45, 7) is -0.121. The smallest absolute Gasteiger partial charge is 0.341 e. The van der Waals surface area contributed by atoms with E-state index >= 15 is 0 Å². The summed E-state index contributed by atoms with van der Waals surface area (Å²) in [6, 6.07) is 15.2. The number of nitrogens with zero attached hydrogens (tertiary/aromatic N) is 3. The van der Waals surface area contributed by atoms with Crippen molar-refractivity contribution in [1.82, 2.24) is 4.98 Å². The number of nitro benzene ring substituents is 2. The van der Waals surface area contributed by atoms with Crippen molar-refractivity contribution in [3.05, 3.63) is 104 Å². The van der Waals surface area contributed by atoms with E-state index in [1.165, 1.54) is 48.3 Å². The van der Waals surface area contributed by atoms with Crippen LogP contribution in [-0.2, 0) is 17.1 Å². The summed E-state index contributed by atoms with van der Waals surface area (Å²) in [6.07, 6.45) is 1.53. The molecule has 0 aliphatic carbocycles. The summed E-state index contributed by atoms with van der Waals surface area (Å²) < 4.78 is 5.29. The molecule has 0 amide bonds. The molecule has 9 nitrogen and oxygen atoms in total. The van der Waals surface area contributed by atoms with Crippen LogP contribution in [0.1, 0.15) is 21.5 Å². The molecule has 152 valence electrons. The molecule has 2 aromatic carbocycles. The second kappa shape index (κ2) is 9.61. The number of benzene rings is 2. The number of hydrogen-bond acceptors (Lipinski definition) is 8. The van der Waals surface area contributed by atoms with E-state index < -0.39 is 15.8 Å². The Kier molecular flexibility index (Phi) is 6.71. The quantitative estimate of drug-likeness (QED) is 0.223. The molecule has 3 aromatic rings. The predicted octanol–water partition coefficient (Wildman–Crippen LogP) is 4.55. The molecule has 0 unspecified atom stereocenters. The van der Waals surface area contributed by atoms with Gasteiger partial charge in [-0.25, -0.2) is 9.78 Å². The Hall–Kier alpha value is -3.79. The number of esters is 1. The van der Waals surface area contributed by atoms with Crippen LogP contribution < -0.4 is 0 Å². The highest BCUT2D eigenvalue weighted by atomic mass is 32.2. The summed E-state index contributed by atoms with van der Waals surface area (Å²) in [5.74, 6) is -0.236. The minimum Gasteiger partial charge on any atom is -0.457 e. The highest BCUT2D eigenvalue weighted by Gasteiger charge is 2.16. The van der Waals surface area contributed by atoms with E-state index in [-0.39, 0.29) is 23.5 Å². The summed E-state index contributed by atoms with van der Waals surface area (Å²) in [7, 11) is 0. The fourth-order valence-electron chi connectivity index (χ4n) is 2.56.